The van der Waals surface area contributed by atoms with Crippen molar-refractivity contribution in [2.24, 2.45) is 0 Å². The first-order valence-electron chi connectivity index (χ1n) is 32.8. The normalized spacial score (nSPS) is 13.8. The Labute approximate surface area is 540 Å². The van der Waals surface area contributed by atoms with Gasteiger partial charge in [0, 0.05) is 50.8 Å². The van der Waals surface area contributed by atoms with Gasteiger partial charge in [-0.1, -0.05) is 222 Å². The van der Waals surface area contributed by atoms with Crippen molar-refractivity contribution in [3.63, 3.8) is 0 Å². The van der Waals surface area contributed by atoms with Gasteiger partial charge in [-0.25, -0.2) is 15.0 Å². The van der Waals surface area contributed by atoms with Crippen LogP contribution in [0.25, 0.3) is 77.3 Å². The minimum Gasteiger partial charge on any atom is -0.311 e. The minimum absolute atomic E-state index is 0.0468. The molecule has 0 fully saturated rings. The van der Waals surface area contributed by atoms with Crippen LogP contribution in [0.1, 0.15) is 158 Å². The lowest BCUT2D eigenvalue weighted by Crippen LogP contribution is -2.61. The van der Waals surface area contributed by atoms with Crippen molar-refractivity contribution in [2.45, 2.75) is 157 Å². The van der Waals surface area contributed by atoms with E-state index < -0.39 is 0 Å². The first-order valence-corrected chi connectivity index (χ1v) is 32.8. The zero-order valence-corrected chi connectivity index (χ0v) is 56.8. The van der Waals surface area contributed by atoms with Gasteiger partial charge in [-0.05, 0) is 222 Å². The van der Waals surface area contributed by atoms with Crippen molar-refractivity contribution in [3.8, 4) is 34.2 Å². The van der Waals surface area contributed by atoms with E-state index in [0.29, 0.717) is 17.5 Å². The first-order chi connectivity index (χ1) is 42.8. The van der Waals surface area contributed by atoms with Gasteiger partial charge >= 0.3 is 0 Å². The van der Waals surface area contributed by atoms with Crippen LogP contribution in [0, 0.1) is 0 Å². The van der Waals surface area contributed by atoms with Crippen LogP contribution in [0.5, 0.6) is 0 Å². The number of fused-ring (bicyclic) bond motifs is 8. The Morgan fingerprint density at radius 1 is 0.253 bits per heavy atom. The smallest absolute Gasteiger partial charge is 0.252 e. The van der Waals surface area contributed by atoms with E-state index in [9.17, 15) is 0 Å². The average Bonchev–Trinajstić information content (AvgIpc) is 0.692. The second-order valence-corrected chi connectivity index (χ2v) is 32.4. The van der Waals surface area contributed by atoms with E-state index in [2.05, 4.69) is 329 Å². The highest BCUT2D eigenvalue weighted by atomic mass is 15.2. The summed E-state index contributed by atoms with van der Waals surface area (Å²) >= 11 is 0. The van der Waals surface area contributed by atoms with E-state index in [1.807, 2.05) is 0 Å². The molecular weight excluding hydrogens is 1100 g/mol. The standard InChI is InChI=1S/C85H86BN5/c1-80(2,3)62-27-31-68(32-28-62)90-72-45-57-37-53-25-21-19-23-51(53)35-55(57)43-70(72)86-71-44-56-36-52-24-20-22-26-54(52)38-58(56)46-73(71)91(69-33-29-63(30-34-69)81(4,5)6)75-48-61(47-74(90)76(75)86)79-88-77(59-39-64(82(7,8)9)49-65(40-59)83(10,11)12)87-78(89-79)60-41-66(84(13,14)15)50-67(42-60)85(16,17)18/h19-50H,1-18H3. The first kappa shape index (κ1) is 59.7. The molecule has 5 nitrogen and oxygen atoms in total. The quantitative estimate of drug-likeness (QED) is 0.127. The van der Waals surface area contributed by atoms with Crippen LogP contribution in [0.3, 0.4) is 0 Å². The SMILES string of the molecule is CC(C)(C)c1ccc(N2c3cc4cc5ccccc5cc4cc3B3c4cc5cc6ccccc6cc5cc4N(c4ccc(C(C)(C)C)cc4)c4cc(-c5nc(-c6cc(C(C)(C)C)cc(C(C)(C)C)c6)nc(-c6cc(C(C)(C)C)cc(C(C)(C)C)c6)n5)cc2c43)cc1. The van der Waals surface area contributed by atoms with E-state index in [-0.39, 0.29) is 39.2 Å². The second kappa shape index (κ2) is 20.8. The number of anilines is 6. The highest BCUT2D eigenvalue weighted by Crippen LogP contribution is 2.49. The monoisotopic (exact) mass is 1190 g/mol. The molecule has 11 aromatic carbocycles. The zero-order valence-electron chi connectivity index (χ0n) is 56.8. The van der Waals surface area contributed by atoms with Gasteiger partial charge in [-0.2, -0.15) is 0 Å². The molecule has 0 saturated carbocycles. The molecule has 0 atom stereocenters. The van der Waals surface area contributed by atoms with Crippen molar-refractivity contribution in [2.75, 3.05) is 9.80 Å². The molecule has 0 radical (unpaired) electrons. The molecule has 0 unspecified atom stereocenters. The maximum atomic E-state index is 5.79. The summed E-state index contributed by atoms with van der Waals surface area (Å²) in [6, 6.07) is 74.7. The van der Waals surface area contributed by atoms with Gasteiger partial charge in [0.1, 0.15) is 0 Å². The van der Waals surface area contributed by atoms with Gasteiger partial charge in [-0.15, -0.1) is 0 Å². The Morgan fingerprint density at radius 2 is 0.527 bits per heavy atom. The molecule has 2 aliphatic heterocycles. The van der Waals surface area contributed by atoms with Crippen LogP contribution >= 0.6 is 0 Å². The van der Waals surface area contributed by atoms with Gasteiger partial charge in [0.2, 0.25) is 0 Å². The molecule has 0 amide bonds. The molecule has 2 aliphatic rings. The van der Waals surface area contributed by atoms with Gasteiger partial charge in [-0.3, -0.25) is 0 Å². The van der Waals surface area contributed by atoms with Gasteiger partial charge in [0.05, 0.1) is 0 Å². The van der Waals surface area contributed by atoms with Crippen LogP contribution in [0.4, 0.5) is 34.1 Å². The Hall–Kier alpha value is -8.87. The lowest BCUT2D eigenvalue weighted by Gasteiger charge is -2.44. The molecule has 14 rings (SSSR count). The number of benzene rings is 11. The Balaban J connectivity index is 1.14. The maximum Gasteiger partial charge on any atom is 0.252 e. The largest absolute Gasteiger partial charge is 0.311 e. The molecule has 0 bridgehead atoms. The summed E-state index contributed by atoms with van der Waals surface area (Å²) in [6.45, 7) is 41.3. The number of hydrogen-bond donors (Lipinski definition) is 0. The fraction of sp³-hybridized carbons (Fsp3) is 0.282. The Morgan fingerprint density at radius 3 is 0.813 bits per heavy atom. The average molecular weight is 1190 g/mol. The van der Waals surface area contributed by atoms with Crippen LogP contribution in [0.15, 0.2) is 194 Å². The molecule has 6 heteroatoms. The fourth-order valence-corrected chi connectivity index (χ4v) is 13.8. The van der Waals surface area contributed by atoms with Crippen molar-refractivity contribution in [1.82, 2.24) is 15.0 Å². The second-order valence-electron chi connectivity index (χ2n) is 32.4. The molecule has 0 saturated heterocycles. The molecule has 0 aliphatic carbocycles. The number of aromatic nitrogens is 3. The summed E-state index contributed by atoms with van der Waals surface area (Å²) in [5.74, 6) is 1.92. The van der Waals surface area contributed by atoms with Gasteiger partial charge < -0.3 is 9.80 Å². The van der Waals surface area contributed by atoms with E-state index >= 15 is 0 Å². The van der Waals surface area contributed by atoms with Gasteiger partial charge in [0.15, 0.2) is 17.5 Å². The summed E-state index contributed by atoms with van der Waals surface area (Å²) in [6.07, 6.45) is 0. The molecule has 3 heterocycles. The van der Waals surface area contributed by atoms with E-state index in [0.717, 1.165) is 50.8 Å². The summed E-state index contributed by atoms with van der Waals surface area (Å²) in [4.78, 5) is 22.3. The molecule has 0 spiro atoms. The van der Waals surface area contributed by atoms with Crippen molar-refractivity contribution in [1.29, 1.82) is 0 Å². The van der Waals surface area contributed by atoms with Gasteiger partial charge in [0.25, 0.3) is 6.71 Å². The third-order valence-electron chi connectivity index (χ3n) is 19.4. The summed E-state index contributed by atoms with van der Waals surface area (Å²) < 4.78 is 0. The summed E-state index contributed by atoms with van der Waals surface area (Å²) in [7, 11) is 0. The van der Waals surface area contributed by atoms with Crippen molar-refractivity contribution < 1.29 is 0 Å². The predicted octanol–water partition coefficient (Wildman–Crippen LogP) is 21.4. The third-order valence-corrected chi connectivity index (χ3v) is 19.4. The topological polar surface area (TPSA) is 45.2 Å². The van der Waals surface area contributed by atoms with Crippen molar-refractivity contribution >= 4 is 100 Å². The fourth-order valence-electron chi connectivity index (χ4n) is 13.8. The molecule has 1 aromatic heterocycles. The lowest BCUT2D eigenvalue weighted by molar-refractivity contribution is 0.568. The molecular formula is C85H86BN5. The zero-order chi connectivity index (χ0) is 64.2. The highest BCUT2D eigenvalue weighted by Gasteiger charge is 2.45. The maximum absolute atomic E-state index is 5.79. The molecule has 0 N–H and O–H groups in total. The number of hydrogen-bond acceptors (Lipinski definition) is 5. The molecule has 91 heavy (non-hydrogen) atoms. The van der Waals surface area contributed by atoms with Crippen LogP contribution in [-0.2, 0) is 32.5 Å². The van der Waals surface area contributed by atoms with Crippen LogP contribution in [-0.4, -0.2) is 21.7 Å². The van der Waals surface area contributed by atoms with E-state index in [4.69, 9.17) is 15.0 Å². The molecule has 12 aromatic rings. The van der Waals surface area contributed by atoms with Crippen LogP contribution in [0.2, 0.25) is 0 Å². The van der Waals surface area contributed by atoms with Crippen LogP contribution < -0.4 is 26.2 Å². The minimum atomic E-state index is -0.164. The molecule has 454 valence electrons. The predicted molar refractivity (Wildman–Crippen MR) is 392 cm³/mol. The van der Waals surface area contributed by atoms with E-state index in [1.165, 1.54) is 92.9 Å². The van der Waals surface area contributed by atoms with E-state index in [1.54, 1.807) is 0 Å². The highest BCUT2D eigenvalue weighted by molar-refractivity contribution is 7.00. The number of nitrogens with zero attached hydrogens (tertiary/aromatic N) is 5. The third kappa shape index (κ3) is 10.8. The summed E-state index contributed by atoms with van der Waals surface area (Å²) in [5, 5.41) is 9.73. The lowest BCUT2D eigenvalue weighted by atomic mass is 9.33. The number of rotatable bonds is 5. The summed E-state index contributed by atoms with van der Waals surface area (Å²) in [5.41, 5.74) is 20.2. The Kier molecular flexibility index (Phi) is 13.7. The van der Waals surface area contributed by atoms with Crippen molar-refractivity contribution in [3.05, 3.63) is 228 Å². The Bertz CT molecular complexity index is 4560.